The third-order valence-corrected chi connectivity index (χ3v) is 4.69. The van der Waals surface area contributed by atoms with Crippen LogP contribution in [0, 0.1) is 0 Å². The van der Waals surface area contributed by atoms with Crippen molar-refractivity contribution in [3.63, 3.8) is 0 Å². The van der Waals surface area contributed by atoms with Crippen molar-refractivity contribution in [3.05, 3.63) is 53.6 Å². The number of ether oxygens (including phenoxy) is 2. The van der Waals surface area contributed by atoms with Crippen LogP contribution in [0.3, 0.4) is 0 Å². The van der Waals surface area contributed by atoms with E-state index in [0.717, 1.165) is 11.3 Å². The molecule has 5 nitrogen and oxygen atoms in total. The molecule has 1 heterocycles. The maximum absolute atomic E-state index is 13.2. The Morgan fingerprint density at radius 2 is 1.80 bits per heavy atom. The lowest BCUT2D eigenvalue weighted by Crippen LogP contribution is -2.58. The summed E-state index contributed by atoms with van der Waals surface area (Å²) in [6.07, 6.45) is 0. The van der Waals surface area contributed by atoms with Gasteiger partial charge in [0.05, 0.1) is 19.8 Å². The number of amides is 1. The lowest BCUT2D eigenvalue weighted by molar-refractivity contribution is 0.0428. The number of carbonyl (C=O) groups is 1. The van der Waals surface area contributed by atoms with Crippen LogP contribution in [0.2, 0.25) is 0 Å². The number of carbonyl (C=O) groups excluding carboxylic acids is 1. The Morgan fingerprint density at radius 1 is 1.08 bits per heavy atom. The Balaban J connectivity index is 2.20. The summed E-state index contributed by atoms with van der Waals surface area (Å²) in [6, 6.07) is 13.3. The van der Waals surface area contributed by atoms with Crippen LogP contribution >= 0.6 is 0 Å². The van der Waals surface area contributed by atoms with Gasteiger partial charge in [-0.2, -0.15) is 0 Å². The Bertz CT molecular complexity index is 803. The van der Waals surface area contributed by atoms with E-state index in [2.05, 4.69) is 5.32 Å². The lowest BCUT2D eigenvalue weighted by Gasteiger charge is -2.49. The first kappa shape index (κ1) is 17.1. The van der Waals surface area contributed by atoms with E-state index in [9.17, 15) is 4.79 Å². The van der Waals surface area contributed by atoms with Crippen molar-refractivity contribution in [1.29, 1.82) is 0 Å². The molecule has 132 valence electrons. The number of nitrogens with one attached hydrogen (secondary N) is 1. The number of methoxy groups -OCH3 is 2. The molecule has 1 aliphatic heterocycles. The molecule has 1 N–H and O–H groups in total. The smallest absolute Gasteiger partial charge is 0.258 e. The zero-order valence-electron chi connectivity index (χ0n) is 15.3. The molecule has 5 heteroatoms. The largest absolute Gasteiger partial charge is 0.497 e. The SMILES string of the molecule is COc1ccc(C2(C)Nc3ccccc3C(=O)N2C(C)C)c(OC)c1. The van der Waals surface area contributed by atoms with Crippen LogP contribution in [-0.2, 0) is 5.66 Å². The van der Waals surface area contributed by atoms with E-state index in [1.54, 1.807) is 14.2 Å². The van der Waals surface area contributed by atoms with Crippen LogP contribution in [0.5, 0.6) is 11.5 Å². The summed E-state index contributed by atoms with van der Waals surface area (Å²) in [6.45, 7) is 6.04. The van der Waals surface area contributed by atoms with Gasteiger partial charge in [0.15, 0.2) is 0 Å². The highest BCUT2D eigenvalue weighted by atomic mass is 16.5. The number of benzene rings is 2. The number of hydrogen-bond donors (Lipinski definition) is 1. The van der Waals surface area contributed by atoms with Crippen LogP contribution in [0.15, 0.2) is 42.5 Å². The predicted octanol–water partition coefficient (Wildman–Crippen LogP) is 3.85. The van der Waals surface area contributed by atoms with Crippen molar-refractivity contribution in [2.75, 3.05) is 19.5 Å². The molecule has 2 aromatic carbocycles. The lowest BCUT2D eigenvalue weighted by atomic mass is 9.91. The van der Waals surface area contributed by atoms with E-state index in [0.29, 0.717) is 17.1 Å². The second-order valence-electron chi connectivity index (χ2n) is 6.58. The van der Waals surface area contributed by atoms with Gasteiger partial charge >= 0.3 is 0 Å². The third-order valence-electron chi connectivity index (χ3n) is 4.69. The first-order chi connectivity index (χ1) is 11.9. The number of rotatable bonds is 4. The van der Waals surface area contributed by atoms with Gasteiger partial charge in [0.1, 0.15) is 17.2 Å². The average molecular weight is 340 g/mol. The topological polar surface area (TPSA) is 50.8 Å². The number of para-hydroxylation sites is 1. The van der Waals surface area contributed by atoms with Gasteiger partial charge in [-0.15, -0.1) is 0 Å². The molecule has 0 aromatic heterocycles. The summed E-state index contributed by atoms with van der Waals surface area (Å²) < 4.78 is 10.9. The van der Waals surface area contributed by atoms with E-state index < -0.39 is 5.66 Å². The fourth-order valence-electron chi connectivity index (χ4n) is 3.58. The van der Waals surface area contributed by atoms with Gasteiger partial charge in [-0.3, -0.25) is 4.79 Å². The summed E-state index contributed by atoms with van der Waals surface area (Å²) in [7, 11) is 3.25. The number of fused-ring (bicyclic) bond motifs is 1. The minimum atomic E-state index is -0.739. The van der Waals surface area contributed by atoms with Crippen LogP contribution in [-0.4, -0.2) is 31.1 Å². The molecular weight excluding hydrogens is 316 g/mol. The minimum absolute atomic E-state index is 0.00437. The van der Waals surface area contributed by atoms with E-state index in [4.69, 9.17) is 9.47 Å². The van der Waals surface area contributed by atoms with Crippen molar-refractivity contribution in [3.8, 4) is 11.5 Å². The molecular formula is C20H24N2O3. The Kier molecular flexibility index (Phi) is 4.33. The quantitative estimate of drug-likeness (QED) is 0.918. The molecule has 0 bridgehead atoms. The molecule has 25 heavy (non-hydrogen) atoms. The minimum Gasteiger partial charge on any atom is -0.497 e. The van der Waals surface area contributed by atoms with Crippen molar-refractivity contribution < 1.29 is 14.3 Å². The van der Waals surface area contributed by atoms with E-state index in [1.807, 2.05) is 68.1 Å². The molecule has 1 amide bonds. The van der Waals surface area contributed by atoms with Crippen molar-refractivity contribution in [1.82, 2.24) is 4.90 Å². The molecule has 1 atom stereocenters. The maximum atomic E-state index is 13.2. The zero-order valence-corrected chi connectivity index (χ0v) is 15.3. The number of nitrogens with zero attached hydrogens (tertiary/aromatic N) is 1. The monoisotopic (exact) mass is 340 g/mol. The van der Waals surface area contributed by atoms with Gasteiger partial charge in [0, 0.05) is 23.4 Å². The standard InChI is InChI=1S/C20H24N2O3/c1-13(2)22-19(23)15-8-6-7-9-17(15)21-20(22,3)16-11-10-14(24-4)12-18(16)25-5/h6-13,21H,1-5H3. The van der Waals surface area contributed by atoms with Crippen LogP contribution in [0.4, 0.5) is 5.69 Å². The van der Waals surface area contributed by atoms with Crippen molar-refractivity contribution in [2.45, 2.75) is 32.5 Å². The Morgan fingerprint density at radius 3 is 2.44 bits per heavy atom. The average Bonchev–Trinajstić information content (AvgIpc) is 2.60. The summed E-state index contributed by atoms with van der Waals surface area (Å²) in [4.78, 5) is 15.1. The van der Waals surface area contributed by atoms with E-state index in [1.165, 1.54) is 0 Å². The molecule has 0 aliphatic carbocycles. The van der Waals surface area contributed by atoms with Crippen molar-refractivity contribution >= 4 is 11.6 Å². The molecule has 3 rings (SSSR count). The van der Waals surface area contributed by atoms with Gasteiger partial charge < -0.3 is 19.7 Å². The first-order valence-electron chi connectivity index (χ1n) is 8.35. The van der Waals surface area contributed by atoms with E-state index >= 15 is 0 Å². The molecule has 1 unspecified atom stereocenters. The van der Waals surface area contributed by atoms with Crippen LogP contribution in [0.1, 0.15) is 36.7 Å². The summed E-state index contributed by atoms with van der Waals surface area (Å²) in [5, 5.41) is 3.55. The van der Waals surface area contributed by atoms with Crippen molar-refractivity contribution in [2.24, 2.45) is 0 Å². The van der Waals surface area contributed by atoms with Gasteiger partial charge in [0.25, 0.3) is 5.91 Å². The van der Waals surface area contributed by atoms with Crippen LogP contribution in [0.25, 0.3) is 0 Å². The molecule has 1 aliphatic rings. The molecule has 2 aromatic rings. The zero-order chi connectivity index (χ0) is 18.2. The molecule has 0 saturated heterocycles. The highest BCUT2D eigenvalue weighted by Crippen LogP contribution is 2.43. The highest BCUT2D eigenvalue weighted by molar-refractivity contribution is 6.02. The Hall–Kier alpha value is -2.69. The fraction of sp³-hybridized carbons (Fsp3) is 0.350. The predicted molar refractivity (Wildman–Crippen MR) is 98.3 cm³/mol. The van der Waals surface area contributed by atoms with E-state index in [-0.39, 0.29) is 11.9 Å². The molecule has 0 radical (unpaired) electrons. The Labute approximate surface area is 148 Å². The second kappa shape index (κ2) is 6.31. The fourth-order valence-corrected chi connectivity index (χ4v) is 3.58. The molecule has 0 saturated carbocycles. The van der Waals surface area contributed by atoms with Gasteiger partial charge in [-0.05, 0) is 45.0 Å². The summed E-state index contributed by atoms with van der Waals surface area (Å²) in [5.41, 5.74) is 1.65. The maximum Gasteiger partial charge on any atom is 0.258 e. The second-order valence-corrected chi connectivity index (χ2v) is 6.58. The number of hydrogen-bond acceptors (Lipinski definition) is 4. The van der Waals surface area contributed by atoms with Gasteiger partial charge in [-0.1, -0.05) is 12.1 Å². The van der Waals surface area contributed by atoms with Gasteiger partial charge in [0.2, 0.25) is 0 Å². The first-order valence-corrected chi connectivity index (χ1v) is 8.35. The van der Waals surface area contributed by atoms with Gasteiger partial charge in [-0.25, -0.2) is 0 Å². The molecule has 0 spiro atoms. The number of anilines is 1. The highest BCUT2D eigenvalue weighted by Gasteiger charge is 2.45. The summed E-state index contributed by atoms with van der Waals surface area (Å²) >= 11 is 0. The van der Waals surface area contributed by atoms with Crippen LogP contribution < -0.4 is 14.8 Å². The normalized spacial score (nSPS) is 19.4. The summed E-state index contributed by atoms with van der Waals surface area (Å²) in [5.74, 6) is 1.39. The molecule has 0 fully saturated rings. The third kappa shape index (κ3) is 2.69.